The van der Waals surface area contributed by atoms with Crippen molar-refractivity contribution in [1.29, 1.82) is 0 Å². The predicted octanol–water partition coefficient (Wildman–Crippen LogP) is 1.54. The highest BCUT2D eigenvalue weighted by Gasteiger charge is 2.32. The molecule has 0 spiro atoms. The van der Waals surface area contributed by atoms with Gasteiger partial charge in [0.2, 0.25) is 10.0 Å². The number of sulfonamides is 1. The highest BCUT2D eigenvalue weighted by molar-refractivity contribution is 7.89. The number of carbonyl (C=O) groups excluding carboxylic acids is 1. The van der Waals surface area contributed by atoms with Crippen LogP contribution in [0.4, 0.5) is 0 Å². The summed E-state index contributed by atoms with van der Waals surface area (Å²) in [4.78, 5) is 12.7. The number of benzene rings is 1. The molecule has 2 aliphatic rings. The van der Waals surface area contributed by atoms with Crippen molar-refractivity contribution in [2.24, 2.45) is 11.3 Å². The molecule has 2 fully saturated rings. The normalized spacial score (nSPS) is 18.9. The Kier molecular flexibility index (Phi) is 8.27. The Morgan fingerprint density at radius 3 is 2.64 bits per heavy atom. The zero-order valence-electron chi connectivity index (χ0n) is 16.2. The third-order valence-electron chi connectivity index (χ3n) is 5.40. The number of amides is 1. The molecule has 0 bridgehead atoms. The van der Waals surface area contributed by atoms with Crippen molar-refractivity contribution < 1.29 is 17.9 Å². The van der Waals surface area contributed by atoms with E-state index in [0.29, 0.717) is 31.2 Å². The van der Waals surface area contributed by atoms with Gasteiger partial charge in [-0.05, 0) is 62.9 Å². The van der Waals surface area contributed by atoms with Crippen LogP contribution in [0.3, 0.4) is 0 Å². The minimum absolute atomic E-state index is 0. The van der Waals surface area contributed by atoms with Crippen LogP contribution in [0.15, 0.2) is 29.2 Å². The smallest absolute Gasteiger partial charge is 0.251 e. The summed E-state index contributed by atoms with van der Waals surface area (Å²) in [5, 5.41) is 6.29. The summed E-state index contributed by atoms with van der Waals surface area (Å²) in [6.45, 7) is 3.37. The van der Waals surface area contributed by atoms with Gasteiger partial charge < -0.3 is 15.4 Å². The van der Waals surface area contributed by atoms with Crippen LogP contribution in [0.1, 0.15) is 36.0 Å². The third kappa shape index (κ3) is 6.15. The summed E-state index contributed by atoms with van der Waals surface area (Å²) in [6.07, 6.45) is 4.01. The molecular formula is C19H30ClN3O4S. The van der Waals surface area contributed by atoms with Crippen LogP contribution in [-0.2, 0) is 14.8 Å². The van der Waals surface area contributed by atoms with Crippen LogP contribution >= 0.6 is 12.4 Å². The van der Waals surface area contributed by atoms with Crippen LogP contribution in [-0.4, -0.2) is 54.2 Å². The van der Waals surface area contributed by atoms with Gasteiger partial charge in [-0.15, -0.1) is 12.4 Å². The van der Waals surface area contributed by atoms with Gasteiger partial charge in [-0.25, -0.2) is 13.1 Å². The molecular weight excluding hydrogens is 402 g/mol. The maximum absolute atomic E-state index is 12.6. The van der Waals surface area contributed by atoms with Crippen LogP contribution < -0.4 is 15.4 Å². The Labute approximate surface area is 173 Å². The summed E-state index contributed by atoms with van der Waals surface area (Å²) in [5.41, 5.74) is 0.274. The van der Waals surface area contributed by atoms with Crippen molar-refractivity contribution in [2.45, 2.75) is 30.6 Å². The molecule has 9 heteroatoms. The molecule has 7 nitrogen and oxygen atoms in total. The van der Waals surface area contributed by atoms with Gasteiger partial charge in [-0.1, -0.05) is 6.07 Å². The second kappa shape index (κ2) is 10.0. The topological polar surface area (TPSA) is 96.5 Å². The molecule has 1 aliphatic carbocycles. The lowest BCUT2D eigenvalue weighted by atomic mass is 9.79. The van der Waals surface area contributed by atoms with Crippen molar-refractivity contribution in [3.05, 3.63) is 29.8 Å². The quantitative estimate of drug-likeness (QED) is 0.551. The van der Waals surface area contributed by atoms with Gasteiger partial charge in [0.05, 0.1) is 11.5 Å². The Morgan fingerprint density at radius 1 is 1.29 bits per heavy atom. The number of carbonyl (C=O) groups is 1. The average Bonchev–Trinajstić information content (AvgIpc) is 3.50. The van der Waals surface area contributed by atoms with Gasteiger partial charge in [0, 0.05) is 31.2 Å². The van der Waals surface area contributed by atoms with Crippen molar-refractivity contribution in [3.8, 4) is 0 Å². The van der Waals surface area contributed by atoms with Crippen LogP contribution in [0, 0.1) is 11.3 Å². The maximum atomic E-state index is 12.6. The molecule has 3 N–H and O–H groups in total. The Hall–Kier alpha value is -1.19. The number of rotatable bonds is 9. The first-order valence-corrected chi connectivity index (χ1v) is 11.0. The van der Waals surface area contributed by atoms with E-state index in [4.69, 9.17) is 4.74 Å². The highest BCUT2D eigenvalue weighted by Crippen LogP contribution is 2.29. The van der Waals surface area contributed by atoms with Crippen molar-refractivity contribution in [1.82, 2.24) is 15.4 Å². The second-order valence-electron chi connectivity index (χ2n) is 7.69. The zero-order chi connectivity index (χ0) is 19.3. The van der Waals surface area contributed by atoms with Gasteiger partial charge in [0.15, 0.2) is 0 Å². The van der Waals surface area contributed by atoms with Crippen LogP contribution in [0.2, 0.25) is 0 Å². The van der Waals surface area contributed by atoms with Gasteiger partial charge in [-0.2, -0.15) is 0 Å². The Morgan fingerprint density at radius 2 is 2.00 bits per heavy atom. The number of ether oxygens (including phenoxy) is 1. The van der Waals surface area contributed by atoms with Crippen molar-refractivity contribution >= 4 is 28.3 Å². The fraction of sp³-hybridized carbons (Fsp3) is 0.632. The van der Waals surface area contributed by atoms with Crippen molar-refractivity contribution in [3.63, 3.8) is 0 Å². The van der Waals surface area contributed by atoms with E-state index in [0.717, 1.165) is 38.8 Å². The maximum Gasteiger partial charge on any atom is 0.251 e. The Balaban J connectivity index is 0.00000280. The number of hydrogen-bond donors (Lipinski definition) is 3. The largest absolute Gasteiger partial charge is 0.384 e. The molecule has 1 saturated heterocycles. The highest BCUT2D eigenvalue weighted by atomic mass is 35.5. The summed E-state index contributed by atoms with van der Waals surface area (Å²) < 4.78 is 32.8. The molecule has 3 rings (SSSR count). The number of nitrogens with one attached hydrogen (secondary N) is 3. The van der Waals surface area contributed by atoms with Gasteiger partial charge in [0.1, 0.15) is 0 Å². The molecule has 0 atom stereocenters. The minimum Gasteiger partial charge on any atom is -0.384 e. The summed E-state index contributed by atoms with van der Waals surface area (Å²) in [5.74, 6) is 0.191. The van der Waals surface area contributed by atoms with Gasteiger partial charge >= 0.3 is 0 Å². The summed E-state index contributed by atoms with van der Waals surface area (Å²) in [7, 11) is -1.91. The lowest BCUT2D eigenvalue weighted by Gasteiger charge is -2.37. The van der Waals surface area contributed by atoms with Crippen molar-refractivity contribution in [2.75, 3.05) is 39.9 Å². The van der Waals surface area contributed by atoms with Gasteiger partial charge in [0.25, 0.3) is 5.91 Å². The first kappa shape index (κ1) is 23.1. The lowest BCUT2D eigenvalue weighted by molar-refractivity contribution is 0.0511. The molecule has 0 aromatic heterocycles. The second-order valence-corrected chi connectivity index (χ2v) is 9.46. The average molecular weight is 432 g/mol. The van der Waals surface area contributed by atoms with Crippen LogP contribution in [0.5, 0.6) is 0 Å². The number of piperidine rings is 1. The molecule has 1 saturated carbocycles. The first-order valence-electron chi connectivity index (χ1n) is 9.52. The molecule has 1 aromatic carbocycles. The number of halogens is 1. The van der Waals surface area contributed by atoms with E-state index < -0.39 is 10.0 Å². The zero-order valence-corrected chi connectivity index (χ0v) is 17.8. The molecule has 0 unspecified atom stereocenters. The number of hydrogen-bond acceptors (Lipinski definition) is 5. The van der Waals surface area contributed by atoms with E-state index in [1.165, 1.54) is 12.1 Å². The monoisotopic (exact) mass is 431 g/mol. The van der Waals surface area contributed by atoms with E-state index in [9.17, 15) is 13.2 Å². The minimum atomic E-state index is -3.59. The molecule has 158 valence electrons. The molecule has 0 radical (unpaired) electrons. The van der Waals surface area contributed by atoms with E-state index >= 15 is 0 Å². The summed E-state index contributed by atoms with van der Waals surface area (Å²) >= 11 is 0. The standard InChI is InChI=1S/C19H29N3O4S.ClH/c1-26-14-19(7-9-20-10-8-19)13-21-18(23)16-3-2-4-17(11-16)27(24,25)22-12-15-5-6-15;/h2-4,11,15,20,22H,5-10,12-14H2,1H3,(H,21,23);1H. The number of methoxy groups -OCH3 is 1. The van der Waals surface area contributed by atoms with E-state index in [2.05, 4.69) is 15.4 Å². The predicted molar refractivity (Wildman–Crippen MR) is 110 cm³/mol. The molecule has 28 heavy (non-hydrogen) atoms. The summed E-state index contributed by atoms with van der Waals surface area (Å²) in [6, 6.07) is 6.21. The lowest BCUT2D eigenvalue weighted by Crippen LogP contribution is -2.47. The van der Waals surface area contributed by atoms with Gasteiger partial charge in [-0.3, -0.25) is 4.79 Å². The van der Waals surface area contributed by atoms with E-state index in [-0.39, 0.29) is 28.6 Å². The molecule has 1 amide bonds. The molecule has 1 aliphatic heterocycles. The van der Waals surface area contributed by atoms with Crippen LogP contribution in [0.25, 0.3) is 0 Å². The fourth-order valence-electron chi connectivity index (χ4n) is 3.44. The fourth-order valence-corrected chi connectivity index (χ4v) is 4.60. The molecule has 1 heterocycles. The third-order valence-corrected chi connectivity index (χ3v) is 6.83. The van der Waals surface area contributed by atoms with E-state index in [1.807, 2.05) is 0 Å². The first-order chi connectivity index (χ1) is 12.9. The van der Waals surface area contributed by atoms with E-state index in [1.54, 1.807) is 19.2 Å². The SMILES string of the molecule is COCC1(CNC(=O)c2cccc(S(=O)(=O)NCC3CC3)c2)CCNCC1.Cl. The Bertz CT molecular complexity index is 757. The molecule has 1 aromatic rings.